The van der Waals surface area contributed by atoms with Crippen molar-refractivity contribution in [3.05, 3.63) is 34.9 Å². The van der Waals surface area contributed by atoms with Crippen LogP contribution in [0.4, 0.5) is 0 Å². The van der Waals surface area contributed by atoms with Crippen LogP contribution in [0.25, 0.3) is 0 Å². The van der Waals surface area contributed by atoms with Gasteiger partial charge in [0.1, 0.15) is 5.60 Å². The molecule has 2 N–H and O–H groups in total. The van der Waals surface area contributed by atoms with E-state index >= 15 is 0 Å². The second kappa shape index (κ2) is 5.04. The van der Waals surface area contributed by atoms with E-state index < -0.39 is 5.60 Å². The number of amides is 1. The molecule has 1 aliphatic heterocycles. The van der Waals surface area contributed by atoms with Crippen LogP contribution in [0.15, 0.2) is 24.3 Å². The minimum atomic E-state index is -0.928. The summed E-state index contributed by atoms with van der Waals surface area (Å²) >= 11 is 5.73. The first kappa shape index (κ1) is 12.4. The van der Waals surface area contributed by atoms with Gasteiger partial charge in [0.25, 0.3) is 5.91 Å². The van der Waals surface area contributed by atoms with E-state index in [1.165, 1.54) is 0 Å². The van der Waals surface area contributed by atoms with Crippen molar-refractivity contribution < 1.29 is 14.6 Å². The minimum absolute atomic E-state index is 0.203. The standard InChI is InChI=1S/C12H14ClNO3/c13-10-3-1-9(2-4-10)11(15)14-7-12(16)5-6-17-8-12/h1-4,16H,5-8H2,(H,14,15). The van der Waals surface area contributed by atoms with Gasteiger partial charge in [0.05, 0.1) is 6.61 Å². The molecule has 1 aromatic carbocycles. The van der Waals surface area contributed by atoms with Gasteiger partial charge >= 0.3 is 0 Å². The lowest BCUT2D eigenvalue weighted by atomic mass is 10.0. The number of benzene rings is 1. The number of rotatable bonds is 3. The highest BCUT2D eigenvalue weighted by Crippen LogP contribution is 2.17. The van der Waals surface area contributed by atoms with Gasteiger partial charge in [-0.25, -0.2) is 0 Å². The van der Waals surface area contributed by atoms with Crippen LogP contribution in [0.1, 0.15) is 16.8 Å². The van der Waals surface area contributed by atoms with E-state index in [4.69, 9.17) is 16.3 Å². The Bertz CT molecular complexity index is 399. The molecule has 92 valence electrons. The van der Waals surface area contributed by atoms with E-state index in [1.807, 2.05) is 0 Å². The second-order valence-corrected chi connectivity index (χ2v) is 4.65. The molecule has 1 heterocycles. The fraction of sp³-hybridized carbons (Fsp3) is 0.417. The van der Waals surface area contributed by atoms with Crippen molar-refractivity contribution >= 4 is 17.5 Å². The van der Waals surface area contributed by atoms with E-state index in [0.717, 1.165) is 0 Å². The minimum Gasteiger partial charge on any atom is -0.386 e. The zero-order valence-electron chi connectivity index (χ0n) is 9.28. The van der Waals surface area contributed by atoms with Crippen molar-refractivity contribution in [2.24, 2.45) is 0 Å². The Morgan fingerprint density at radius 3 is 2.76 bits per heavy atom. The van der Waals surface area contributed by atoms with Crippen molar-refractivity contribution in [1.82, 2.24) is 5.32 Å². The summed E-state index contributed by atoms with van der Waals surface area (Å²) in [6.07, 6.45) is 0.550. The Labute approximate surface area is 105 Å². The summed E-state index contributed by atoms with van der Waals surface area (Å²) in [7, 11) is 0. The number of carbonyl (C=O) groups is 1. The first-order chi connectivity index (χ1) is 8.09. The molecule has 1 unspecified atom stereocenters. The largest absolute Gasteiger partial charge is 0.386 e. The van der Waals surface area contributed by atoms with Crippen LogP contribution in [-0.2, 0) is 4.74 Å². The fourth-order valence-electron chi connectivity index (χ4n) is 1.68. The van der Waals surface area contributed by atoms with Gasteiger partial charge in [0, 0.05) is 30.2 Å². The molecule has 1 amide bonds. The predicted octanol–water partition coefficient (Wildman–Crippen LogP) is 1.22. The molecular formula is C12H14ClNO3. The van der Waals surface area contributed by atoms with Crippen LogP contribution in [0.3, 0.4) is 0 Å². The van der Waals surface area contributed by atoms with Crippen LogP contribution >= 0.6 is 11.6 Å². The first-order valence-corrected chi connectivity index (χ1v) is 5.81. The van der Waals surface area contributed by atoms with E-state index in [9.17, 15) is 9.90 Å². The Hall–Kier alpha value is -1.10. The molecule has 1 aromatic rings. The molecule has 0 saturated carbocycles. The highest BCUT2D eigenvalue weighted by Gasteiger charge is 2.32. The monoisotopic (exact) mass is 255 g/mol. The maximum Gasteiger partial charge on any atom is 0.251 e. The lowest BCUT2D eigenvalue weighted by molar-refractivity contribution is 0.0264. The number of aliphatic hydroxyl groups is 1. The van der Waals surface area contributed by atoms with Crippen LogP contribution in [-0.4, -0.2) is 36.4 Å². The summed E-state index contributed by atoms with van der Waals surface area (Å²) < 4.78 is 5.10. The van der Waals surface area contributed by atoms with Gasteiger partial charge in [-0.15, -0.1) is 0 Å². The molecule has 0 spiro atoms. The third-order valence-electron chi connectivity index (χ3n) is 2.77. The van der Waals surface area contributed by atoms with Crippen molar-refractivity contribution in [2.75, 3.05) is 19.8 Å². The quantitative estimate of drug-likeness (QED) is 0.854. The second-order valence-electron chi connectivity index (χ2n) is 4.22. The Morgan fingerprint density at radius 1 is 1.47 bits per heavy atom. The molecule has 1 fully saturated rings. The first-order valence-electron chi connectivity index (χ1n) is 5.43. The maximum absolute atomic E-state index is 11.7. The smallest absolute Gasteiger partial charge is 0.251 e. The summed E-state index contributed by atoms with van der Waals surface area (Å²) in [5.74, 6) is -0.220. The summed E-state index contributed by atoms with van der Waals surface area (Å²) in [5.41, 5.74) is -0.404. The molecule has 1 saturated heterocycles. The number of nitrogens with one attached hydrogen (secondary N) is 1. The molecule has 2 rings (SSSR count). The van der Waals surface area contributed by atoms with Gasteiger partial charge in [-0.1, -0.05) is 11.6 Å². The summed E-state index contributed by atoms with van der Waals surface area (Å²) in [6, 6.07) is 6.60. The number of halogens is 1. The summed E-state index contributed by atoms with van der Waals surface area (Å²) in [5, 5.41) is 13.2. The van der Waals surface area contributed by atoms with Crippen LogP contribution in [0.2, 0.25) is 5.02 Å². The SMILES string of the molecule is O=C(NCC1(O)CCOC1)c1ccc(Cl)cc1. The van der Waals surface area contributed by atoms with Gasteiger partial charge < -0.3 is 15.2 Å². The van der Waals surface area contributed by atoms with E-state index in [1.54, 1.807) is 24.3 Å². The molecule has 0 bridgehead atoms. The average molecular weight is 256 g/mol. The van der Waals surface area contributed by atoms with Gasteiger partial charge in [0.2, 0.25) is 0 Å². The number of hydrogen-bond acceptors (Lipinski definition) is 3. The summed E-state index contributed by atoms with van der Waals surface area (Å²) in [4.78, 5) is 11.7. The lowest BCUT2D eigenvalue weighted by Gasteiger charge is -2.20. The van der Waals surface area contributed by atoms with Crippen LogP contribution < -0.4 is 5.32 Å². The van der Waals surface area contributed by atoms with Gasteiger partial charge in [0.15, 0.2) is 0 Å². The molecule has 1 atom stereocenters. The summed E-state index contributed by atoms with van der Waals surface area (Å²) in [6.45, 7) is 1.01. The molecule has 1 aliphatic rings. The molecule has 17 heavy (non-hydrogen) atoms. The Morgan fingerprint density at radius 2 is 2.18 bits per heavy atom. The fourth-order valence-corrected chi connectivity index (χ4v) is 1.81. The van der Waals surface area contributed by atoms with Gasteiger partial charge in [-0.2, -0.15) is 0 Å². The van der Waals surface area contributed by atoms with Gasteiger partial charge in [-0.3, -0.25) is 4.79 Å². The van der Waals surface area contributed by atoms with Crippen molar-refractivity contribution in [3.63, 3.8) is 0 Å². The maximum atomic E-state index is 11.7. The number of ether oxygens (including phenoxy) is 1. The van der Waals surface area contributed by atoms with E-state index in [2.05, 4.69) is 5.32 Å². The van der Waals surface area contributed by atoms with Crippen LogP contribution in [0, 0.1) is 0 Å². The van der Waals surface area contributed by atoms with Gasteiger partial charge in [-0.05, 0) is 24.3 Å². The zero-order valence-corrected chi connectivity index (χ0v) is 10.0. The molecule has 0 aromatic heterocycles. The Balaban J connectivity index is 1.91. The lowest BCUT2D eigenvalue weighted by Crippen LogP contribution is -2.43. The van der Waals surface area contributed by atoms with E-state index in [-0.39, 0.29) is 19.1 Å². The predicted molar refractivity (Wildman–Crippen MR) is 64.2 cm³/mol. The number of carbonyl (C=O) groups excluding carboxylic acids is 1. The third kappa shape index (κ3) is 3.19. The van der Waals surface area contributed by atoms with Crippen LogP contribution in [0.5, 0.6) is 0 Å². The highest BCUT2D eigenvalue weighted by molar-refractivity contribution is 6.30. The van der Waals surface area contributed by atoms with Crippen molar-refractivity contribution in [3.8, 4) is 0 Å². The third-order valence-corrected chi connectivity index (χ3v) is 3.02. The average Bonchev–Trinajstić information content (AvgIpc) is 2.75. The number of hydrogen-bond donors (Lipinski definition) is 2. The van der Waals surface area contributed by atoms with Crippen molar-refractivity contribution in [1.29, 1.82) is 0 Å². The molecule has 5 heteroatoms. The van der Waals surface area contributed by atoms with Crippen molar-refractivity contribution in [2.45, 2.75) is 12.0 Å². The molecule has 0 aliphatic carbocycles. The molecule has 0 radical (unpaired) electrons. The highest BCUT2D eigenvalue weighted by atomic mass is 35.5. The topological polar surface area (TPSA) is 58.6 Å². The zero-order chi connectivity index (χ0) is 12.3. The molecule has 4 nitrogen and oxygen atoms in total. The molecular weight excluding hydrogens is 242 g/mol. The normalized spacial score (nSPS) is 23.6. The Kier molecular flexibility index (Phi) is 3.66. The van der Waals surface area contributed by atoms with E-state index in [0.29, 0.717) is 23.6 Å².